The number of rotatable bonds is 8. The molecule has 27 heavy (non-hydrogen) atoms. The number of carbonyl (C=O) groups excluding carboxylic acids is 1. The van der Waals surface area contributed by atoms with Gasteiger partial charge in [0.25, 0.3) is 0 Å². The number of hydrogen-bond donors (Lipinski definition) is 1. The van der Waals surface area contributed by atoms with Crippen molar-refractivity contribution in [3.8, 4) is 17.1 Å². The molecule has 2 heterocycles. The summed E-state index contributed by atoms with van der Waals surface area (Å²) in [5, 5.41) is 12.1. The molecule has 1 aromatic carbocycles. The van der Waals surface area contributed by atoms with Crippen LogP contribution in [0.2, 0.25) is 0 Å². The van der Waals surface area contributed by atoms with Crippen LogP contribution in [0.15, 0.2) is 53.9 Å². The minimum absolute atomic E-state index is 0.0993. The van der Waals surface area contributed by atoms with Crippen LogP contribution in [-0.2, 0) is 11.3 Å². The molecular formula is C19H21N5O2S. The zero-order valence-electron chi connectivity index (χ0n) is 15.3. The van der Waals surface area contributed by atoms with Gasteiger partial charge in [-0.25, -0.2) is 0 Å². The summed E-state index contributed by atoms with van der Waals surface area (Å²) < 4.78 is 7.37. The van der Waals surface area contributed by atoms with Gasteiger partial charge >= 0.3 is 0 Å². The van der Waals surface area contributed by atoms with Crippen LogP contribution in [0.1, 0.15) is 13.8 Å². The largest absolute Gasteiger partial charge is 0.494 e. The maximum absolute atomic E-state index is 12.2. The van der Waals surface area contributed by atoms with Crippen molar-refractivity contribution in [1.29, 1.82) is 0 Å². The molecular weight excluding hydrogens is 362 g/mol. The van der Waals surface area contributed by atoms with E-state index in [0.717, 1.165) is 22.8 Å². The minimum atomic E-state index is -0.0993. The molecule has 0 spiro atoms. The summed E-state index contributed by atoms with van der Waals surface area (Å²) in [4.78, 5) is 16.4. The third-order valence-electron chi connectivity index (χ3n) is 3.73. The summed E-state index contributed by atoms with van der Waals surface area (Å²) in [6.45, 7) is 5.27. The fourth-order valence-electron chi connectivity index (χ4n) is 2.52. The molecule has 0 saturated carbocycles. The molecule has 0 radical (unpaired) electrons. The third kappa shape index (κ3) is 4.85. The molecule has 140 valence electrons. The van der Waals surface area contributed by atoms with E-state index in [2.05, 4.69) is 20.5 Å². The molecule has 1 amide bonds. The first-order valence-corrected chi connectivity index (χ1v) is 9.69. The van der Waals surface area contributed by atoms with E-state index in [9.17, 15) is 4.79 Å². The molecule has 0 aliphatic rings. The van der Waals surface area contributed by atoms with E-state index in [-0.39, 0.29) is 11.7 Å². The Hall–Kier alpha value is -2.87. The molecule has 0 fully saturated rings. The molecule has 0 saturated heterocycles. The van der Waals surface area contributed by atoms with Gasteiger partial charge in [0, 0.05) is 30.2 Å². The van der Waals surface area contributed by atoms with Gasteiger partial charge in [-0.05, 0) is 50.2 Å². The first-order chi connectivity index (χ1) is 13.2. The Morgan fingerprint density at radius 3 is 2.67 bits per heavy atom. The number of carbonyl (C=O) groups is 1. The lowest BCUT2D eigenvalue weighted by Crippen LogP contribution is -2.14. The second-order valence-corrected chi connectivity index (χ2v) is 6.53. The van der Waals surface area contributed by atoms with Crippen molar-refractivity contribution in [3.63, 3.8) is 0 Å². The van der Waals surface area contributed by atoms with Gasteiger partial charge in [-0.2, -0.15) is 0 Å². The predicted molar refractivity (Wildman–Crippen MR) is 106 cm³/mol. The summed E-state index contributed by atoms with van der Waals surface area (Å²) in [6, 6.07) is 11.1. The van der Waals surface area contributed by atoms with Gasteiger partial charge in [0.2, 0.25) is 5.91 Å². The number of nitrogens with one attached hydrogen (secondary N) is 1. The summed E-state index contributed by atoms with van der Waals surface area (Å²) in [5.41, 5.74) is 1.63. The number of amides is 1. The molecule has 0 bridgehead atoms. The second kappa shape index (κ2) is 9.18. The molecule has 1 N–H and O–H groups in total. The summed E-state index contributed by atoms with van der Waals surface area (Å²) in [6.07, 6.45) is 3.47. The summed E-state index contributed by atoms with van der Waals surface area (Å²) in [5.74, 6) is 1.68. The first-order valence-electron chi connectivity index (χ1n) is 8.70. The van der Waals surface area contributed by atoms with E-state index in [0.29, 0.717) is 18.3 Å². The second-order valence-electron chi connectivity index (χ2n) is 5.59. The van der Waals surface area contributed by atoms with Crippen LogP contribution in [-0.4, -0.2) is 38.0 Å². The van der Waals surface area contributed by atoms with Crippen LogP contribution in [0.4, 0.5) is 5.69 Å². The minimum Gasteiger partial charge on any atom is -0.494 e. The molecule has 0 atom stereocenters. The molecule has 0 unspecified atom stereocenters. The maximum Gasteiger partial charge on any atom is 0.234 e. The van der Waals surface area contributed by atoms with E-state index in [1.165, 1.54) is 11.8 Å². The Morgan fingerprint density at radius 1 is 1.19 bits per heavy atom. The fourth-order valence-corrected chi connectivity index (χ4v) is 3.32. The summed E-state index contributed by atoms with van der Waals surface area (Å²) >= 11 is 1.36. The lowest BCUT2D eigenvalue weighted by Gasteiger charge is -2.08. The van der Waals surface area contributed by atoms with Crippen molar-refractivity contribution in [2.24, 2.45) is 0 Å². The molecule has 2 aromatic heterocycles. The lowest BCUT2D eigenvalue weighted by atomic mass is 10.3. The monoisotopic (exact) mass is 383 g/mol. The molecule has 0 aliphatic heterocycles. The molecule has 0 aliphatic carbocycles. The highest BCUT2D eigenvalue weighted by Crippen LogP contribution is 2.23. The average molecular weight is 383 g/mol. The van der Waals surface area contributed by atoms with Gasteiger partial charge in [-0.15, -0.1) is 10.2 Å². The summed E-state index contributed by atoms with van der Waals surface area (Å²) in [7, 11) is 0. The van der Waals surface area contributed by atoms with Crippen molar-refractivity contribution in [2.45, 2.75) is 25.5 Å². The maximum atomic E-state index is 12.2. The van der Waals surface area contributed by atoms with Crippen LogP contribution in [0.25, 0.3) is 11.4 Å². The SMILES string of the molecule is CCOc1ccc(NC(=O)CSc2nnc(-c3cccnc3)n2CC)cc1. The lowest BCUT2D eigenvalue weighted by molar-refractivity contribution is -0.113. The Balaban J connectivity index is 1.61. The van der Waals surface area contributed by atoms with E-state index in [1.54, 1.807) is 12.4 Å². The van der Waals surface area contributed by atoms with Crippen LogP contribution in [0.5, 0.6) is 5.75 Å². The zero-order chi connectivity index (χ0) is 19.1. The van der Waals surface area contributed by atoms with E-state index in [4.69, 9.17) is 4.74 Å². The van der Waals surface area contributed by atoms with E-state index >= 15 is 0 Å². The van der Waals surface area contributed by atoms with Gasteiger partial charge in [0.1, 0.15) is 5.75 Å². The number of pyridine rings is 1. The normalized spacial score (nSPS) is 10.6. The first kappa shape index (κ1) is 18.9. The van der Waals surface area contributed by atoms with Crippen molar-refractivity contribution in [1.82, 2.24) is 19.7 Å². The number of aromatic nitrogens is 4. The highest BCUT2D eigenvalue weighted by atomic mass is 32.2. The van der Waals surface area contributed by atoms with Gasteiger partial charge in [0.05, 0.1) is 12.4 Å². The van der Waals surface area contributed by atoms with Gasteiger partial charge < -0.3 is 14.6 Å². The van der Waals surface area contributed by atoms with Gasteiger partial charge in [0.15, 0.2) is 11.0 Å². The van der Waals surface area contributed by atoms with E-state index < -0.39 is 0 Å². The Bertz CT molecular complexity index is 881. The van der Waals surface area contributed by atoms with Gasteiger partial charge in [-0.1, -0.05) is 11.8 Å². The number of nitrogens with zero attached hydrogens (tertiary/aromatic N) is 4. The Morgan fingerprint density at radius 2 is 2.00 bits per heavy atom. The molecule has 3 aromatic rings. The Labute approximate surface area is 162 Å². The average Bonchev–Trinajstić information content (AvgIpc) is 3.12. The fraction of sp³-hybridized carbons (Fsp3) is 0.263. The quantitative estimate of drug-likeness (QED) is 0.600. The predicted octanol–water partition coefficient (Wildman–Crippen LogP) is 3.49. The standard InChI is InChI=1S/C19H21N5O2S/c1-3-24-18(14-6-5-11-20-12-14)22-23-19(24)27-13-17(25)21-15-7-9-16(10-8-15)26-4-2/h5-12H,3-4,13H2,1-2H3,(H,21,25). The molecule has 7 nitrogen and oxygen atoms in total. The van der Waals surface area contributed by atoms with Crippen LogP contribution < -0.4 is 10.1 Å². The van der Waals surface area contributed by atoms with Crippen LogP contribution in [0, 0.1) is 0 Å². The number of thioether (sulfide) groups is 1. The number of ether oxygens (including phenoxy) is 1. The number of benzene rings is 1. The highest BCUT2D eigenvalue weighted by Gasteiger charge is 2.14. The van der Waals surface area contributed by atoms with E-state index in [1.807, 2.05) is 54.8 Å². The number of hydrogen-bond acceptors (Lipinski definition) is 6. The van der Waals surface area contributed by atoms with Crippen LogP contribution in [0.3, 0.4) is 0 Å². The zero-order valence-corrected chi connectivity index (χ0v) is 16.1. The highest BCUT2D eigenvalue weighted by molar-refractivity contribution is 7.99. The topological polar surface area (TPSA) is 81.9 Å². The molecule has 8 heteroatoms. The van der Waals surface area contributed by atoms with Crippen molar-refractivity contribution in [2.75, 3.05) is 17.7 Å². The Kier molecular flexibility index (Phi) is 6.43. The smallest absolute Gasteiger partial charge is 0.234 e. The van der Waals surface area contributed by atoms with Crippen molar-refractivity contribution >= 4 is 23.4 Å². The van der Waals surface area contributed by atoms with Crippen molar-refractivity contribution < 1.29 is 9.53 Å². The van der Waals surface area contributed by atoms with Crippen molar-refractivity contribution in [3.05, 3.63) is 48.8 Å². The molecule has 3 rings (SSSR count). The van der Waals surface area contributed by atoms with Crippen LogP contribution >= 0.6 is 11.8 Å². The number of anilines is 1. The van der Waals surface area contributed by atoms with Gasteiger partial charge in [-0.3, -0.25) is 9.78 Å². The third-order valence-corrected chi connectivity index (χ3v) is 4.70.